The summed E-state index contributed by atoms with van der Waals surface area (Å²) in [5.41, 5.74) is 1.98. The van der Waals surface area contributed by atoms with E-state index in [1.807, 2.05) is 23.1 Å². The summed E-state index contributed by atoms with van der Waals surface area (Å²) in [6.07, 6.45) is 4.22. The van der Waals surface area contributed by atoms with Crippen molar-refractivity contribution in [1.29, 1.82) is 0 Å². The molecule has 2 saturated heterocycles. The van der Waals surface area contributed by atoms with Crippen LogP contribution in [0.2, 0.25) is 0 Å². The van der Waals surface area contributed by atoms with Crippen LogP contribution in [0.15, 0.2) is 34.9 Å². The molecule has 0 bridgehead atoms. The van der Waals surface area contributed by atoms with E-state index in [0.717, 1.165) is 69.7 Å². The van der Waals surface area contributed by atoms with Gasteiger partial charge in [0.2, 0.25) is 5.76 Å². The normalized spacial score (nSPS) is 21.8. The van der Waals surface area contributed by atoms with Crippen molar-refractivity contribution >= 4 is 5.91 Å². The first-order valence-corrected chi connectivity index (χ1v) is 10.3. The maximum atomic E-state index is 13.1. The summed E-state index contributed by atoms with van der Waals surface area (Å²) in [5.74, 6) is 1.07. The summed E-state index contributed by atoms with van der Waals surface area (Å²) in [5, 5.41) is 4.23. The molecule has 28 heavy (non-hydrogen) atoms. The zero-order valence-corrected chi connectivity index (χ0v) is 16.4. The van der Waals surface area contributed by atoms with Gasteiger partial charge in [0.1, 0.15) is 5.82 Å². The standard InChI is InChI=1S/C22H28FN3O2/c1-16-8-11-26(12-9-16)22(27)21-13-20(24-28-21)18-3-2-10-25(15-18)14-17-4-6-19(23)7-5-17/h4-7,13,16,18H,2-3,8-12,14-15H2,1H3/t18-/m1/s1. The number of hydrogen-bond acceptors (Lipinski definition) is 4. The number of nitrogens with zero attached hydrogens (tertiary/aromatic N) is 3. The van der Waals surface area contributed by atoms with Crippen LogP contribution >= 0.6 is 0 Å². The van der Waals surface area contributed by atoms with Crippen LogP contribution in [0.3, 0.4) is 0 Å². The molecule has 4 rings (SSSR count). The second-order valence-electron chi connectivity index (χ2n) is 8.29. The molecular formula is C22H28FN3O2. The Labute approximate surface area is 165 Å². The summed E-state index contributed by atoms with van der Waals surface area (Å²) < 4.78 is 18.5. The lowest BCUT2D eigenvalue weighted by Gasteiger charge is -2.31. The van der Waals surface area contributed by atoms with E-state index in [1.165, 1.54) is 12.1 Å². The van der Waals surface area contributed by atoms with E-state index in [0.29, 0.717) is 11.7 Å². The van der Waals surface area contributed by atoms with Crippen LogP contribution in [0.5, 0.6) is 0 Å². The van der Waals surface area contributed by atoms with Crippen molar-refractivity contribution in [1.82, 2.24) is 15.0 Å². The topological polar surface area (TPSA) is 49.6 Å². The lowest BCUT2D eigenvalue weighted by molar-refractivity contribution is 0.0655. The molecule has 1 aromatic heterocycles. The molecule has 0 radical (unpaired) electrons. The molecule has 0 aliphatic carbocycles. The van der Waals surface area contributed by atoms with E-state index >= 15 is 0 Å². The van der Waals surface area contributed by atoms with Crippen LogP contribution in [-0.2, 0) is 6.54 Å². The molecule has 2 aliphatic rings. The molecule has 2 fully saturated rings. The van der Waals surface area contributed by atoms with E-state index in [1.54, 1.807) is 0 Å². The number of aromatic nitrogens is 1. The van der Waals surface area contributed by atoms with Gasteiger partial charge in [0, 0.05) is 38.2 Å². The average Bonchev–Trinajstić information content (AvgIpc) is 3.20. The van der Waals surface area contributed by atoms with E-state index in [9.17, 15) is 9.18 Å². The largest absolute Gasteiger partial charge is 0.351 e. The van der Waals surface area contributed by atoms with Crippen LogP contribution < -0.4 is 0 Å². The Hall–Kier alpha value is -2.21. The van der Waals surface area contributed by atoms with E-state index in [4.69, 9.17) is 4.52 Å². The second-order valence-corrected chi connectivity index (χ2v) is 8.29. The van der Waals surface area contributed by atoms with E-state index < -0.39 is 0 Å². The van der Waals surface area contributed by atoms with Crippen LogP contribution in [0.1, 0.15) is 60.3 Å². The maximum absolute atomic E-state index is 13.1. The van der Waals surface area contributed by atoms with Crippen molar-refractivity contribution in [3.05, 3.63) is 53.2 Å². The van der Waals surface area contributed by atoms with Crippen LogP contribution in [-0.4, -0.2) is 47.0 Å². The Morgan fingerprint density at radius 2 is 1.93 bits per heavy atom. The van der Waals surface area contributed by atoms with Gasteiger partial charge in [-0.25, -0.2) is 4.39 Å². The summed E-state index contributed by atoms with van der Waals surface area (Å²) in [6, 6.07) is 8.53. The summed E-state index contributed by atoms with van der Waals surface area (Å²) in [6.45, 7) is 6.51. The first-order valence-electron chi connectivity index (χ1n) is 10.3. The molecule has 5 nitrogen and oxygen atoms in total. The number of piperidine rings is 2. The maximum Gasteiger partial charge on any atom is 0.292 e. The van der Waals surface area contributed by atoms with Gasteiger partial charge in [-0.3, -0.25) is 9.69 Å². The van der Waals surface area contributed by atoms with Gasteiger partial charge < -0.3 is 9.42 Å². The monoisotopic (exact) mass is 385 g/mol. The molecule has 3 heterocycles. The minimum atomic E-state index is -0.205. The average molecular weight is 385 g/mol. The molecule has 0 unspecified atom stereocenters. The van der Waals surface area contributed by atoms with Gasteiger partial charge in [0.05, 0.1) is 5.69 Å². The van der Waals surface area contributed by atoms with Gasteiger partial charge in [-0.05, 0) is 55.8 Å². The summed E-state index contributed by atoms with van der Waals surface area (Å²) in [4.78, 5) is 16.9. The molecule has 6 heteroatoms. The van der Waals surface area contributed by atoms with Crippen molar-refractivity contribution in [3.8, 4) is 0 Å². The quantitative estimate of drug-likeness (QED) is 0.796. The van der Waals surface area contributed by atoms with Crippen molar-refractivity contribution in [2.24, 2.45) is 5.92 Å². The number of hydrogen-bond donors (Lipinski definition) is 0. The highest BCUT2D eigenvalue weighted by atomic mass is 19.1. The van der Waals surface area contributed by atoms with E-state index in [-0.39, 0.29) is 17.6 Å². The molecule has 0 N–H and O–H groups in total. The van der Waals surface area contributed by atoms with Gasteiger partial charge in [-0.1, -0.05) is 24.2 Å². The second kappa shape index (κ2) is 8.43. The van der Waals surface area contributed by atoms with Gasteiger partial charge in [0.15, 0.2) is 0 Å². The first kappa shape index (κ1) is 19.1. The number of halogens is 1. The Morgan fingerprint density at radius 3 is 2.68 bits per heavy atom. The molecule has 2 aromatic rings. The van der Waals surface area contributed by atoms with E-state index in [2.05, 4.69) is 17.0 Å². The number of benzene rings is 1. The smallest absolute Gasteiger partial charge is 0.292 e. The SMILES string of the molecule is CC1CCN(C(=O)c2cc([C@@H]3CCCN(Cc4ccc(F)cc4)C3)no2)CC1. The number of carbonyl (C=O) groups is 1. The lowest BCUT2D eigenvalue weighted by Crippen LogP contribution is -2.37. The fraction of sp³-hybridized carbons (Fsp3) is 0.545. The molecule has 1 atom stereocenters. The number of rotatable bonds is 4. The molecule has 1 aromatic carbocycles. The Bertz CT molecular complexity index is 796. The fourth-order valence-electron chi connectivity index (χ4n) is 4.24. The van der Waals surface area contributed by atoms with Gasteiger partial charge in [-0.15, -0.1) is 0 Å². The van der Waals surface area contributed by atoms with Crippen LogP contribution in [0.4, 0.5) is 4.39 Å². The minimum absolute atomic E-state index is 0.0374. The lowest BCUT2D eigenvalue weighted by atomic mass is 9.94. The van der Waals surface area contributed by atoms with Gasteiger partial charge >= 0.3 is 0 Å². The molecule has 150 valence electrons. The predicted octanol–water partition coefficient (Wildman–Crippen LogP) is 4.07. The number of amides is 1. The third-order valence-electron chi connectivity index (χ3n) is 6.05. The third kappa shape index (κ3) is 4.43. The molecular weight excluding hydrogens is 357 g/mol. The van der Waals surface area contributed by atoms with Gasteiger partial charge in [-0.2, -0.15) is 0 Å². The predicted molar refractivity (Wildman–Crippen MR) is 104 cm³/mol. The van der Waals surface area contributed by atoms with Crippen molar-refractivity contribution < 1.29 is 13.7 Å². The third-order valence-corrected chi connectivity index (χ3v) is 6.05. The highest BCUT2D eigenvalue weighted by Gasteiger charge is 2.28. The Balaban J connectivity index is 1.37. The van der Waals surface area contributed by atoms with Crippen molar-refractivity contribution in [3.63, 3.8) is 0 Å². The zero-order chi connectivity index (χ0) is 19.5. The summed E-state index contributed by atoms with van der Waals surface area (Å²) in [7, 11) is 0. The number of likely N-dealkylation sites (tertiary alicyclic amines) is 2. The molecule has 1 amide bonds. The fourth-order valence-corrected chi connectivity index (χ4v) is 4.24. The number of carbonyl (C=O) groups excluding carboxylic acids is 1. The van der Waals surface area contributed by atoms with Crippen LogP contribution in [0.25, 0.3) is 0 Å². The van der Waals surface area contributed by atoms with Crippen molar-refractivity contribution in [2.75, 3.05) is 26.2 Å². The highest BCUT2D eigenvalue weighted by molar-refractivity contribution is 5.91. The Morgan fingerprint density at radius 1 is 1.18 bits per heavy atom. The van der Waals surface area contributed by atoms with Crippen LogP contribution in [0, 0.1) is 11.7 Å². The van der Waals surface area contributed by atoms with Crippen molar-refractivity contribution in [2.45, 2.75) is 45.1 Å². The zero-order valence-electron chi connectivity index (χ0n) is 16.4. The summed E-state index contributed by atoms with van der Waals surface area (Å²) >= 11 is 0. The highest BCUT2D eigenvalue weighted by Crippen LogP contribution is 2.28. The Kier molecular flexibility index (Phi) is 5.76. The molecule has 0 spiro atoms. The first-order chi connectivity index (χ1) is 13.6. The molecule has 0 saturated carbocycles. The van der Waals surface area contributed by atoms with Gasteiger partial charge in [0.25, 0.3) is 5.91 Å². The molecule has 2 aliphatic heterocycles. The minimum Gasteiger partial charge on any atom is -0.351 e.